The first kappa shape index (κ1) is 22.3. The predicted octanol–water partition coefficient (Wildman–Crippen LogP) is 4.71. The Hall–Kier alpha value is -3.01. The first-order chi connectivity index (χ1) is 13.8. The van der Waals surface area contributed by atoms with Crippen LogP contribution in [-0.2, 0) is 14.3 Å². The standard InChI is InChI=1S/C21H18Cl2N2O4/c1-12-7-14(8-13(2)20(12)29-11-18(26)28-3)9-15(10-24)21(27)25-17-6-4-5-16(22)19(17)23/h4-9H,11H2,1-3H3,(H,25,27). The Balaban J connectivity index is 2.26. The van der Waals surface area contributed by atoms with Gasteiger partial charge in [0, 0.05) is 0 Å². The summed E-state index contributed by atoms with van der Waals surface area (Å²) in [6.45, 7) is 3.39. The molecule has 2 aromatic carbocycles. The van der Waals surface area contributed by atoms with E-state index in [1.807, 2.05) is 6.07 Å². The Labute approximate surface area is 178 Å². The molecule has 1 N–H and O–H groups in total. The number of esters is 1. The van der Waals surface area contributed by atoms with Crippen molar-refractivity contribution < 1.29 is 19.1 Å². The van der Waals surface area contributed by atoms with Gasteiger partial charge in [-0.3, -0.25) is 4.79 Å². The number of rotatable bonds is 6. The summed E-state index contributed by atoms with van der Waals surface area (Å²) in [5.41, 5.74) is 2.33. The van der Waals surface area contributed by atoms with Crippen LogP contribution in [0.4, 0.5) is 5.69 Å². The van der Waals surface area contributed by atoms with Gasteiger partial charge in [-0.1, -0.05) is 29.3 Å². The lowest BCUT2D eigenvalue weighted by molar-refractivity contribution is -0.142. The zero-order valence-electron chi connectivity index (χ0n) is 16.0. The highest BCUT2D eigenvalue weighted by Crippen LogP contribution is 2.30. The topological polar surface area (TPSA) is 88.4 Å². The number of carbonyl (C=O) groups is 2. The molecule has 0 aliphatic rings. The fourth-order valence-electron chi connectivity index (χ4n) is 2.59. The highest BCUT2D eigenvalue weighted by molar-refractivity contribution is 6.44. The fraction of sp³-hybridized carbons (Fsp3) is 0.190. The number of ether oxygens (including phenoxy) is 2. The van der Waals surface area contributed by atoms with Crippen molar-refractivity contribution in [3.63, 3.8) is 0 Å². The first-order valence-corrected chi connectivity index (χ1v) is 9.20. The van der Waals surface area contributed by atoms with Gasteiger partial charge in [0.25, 0.3) is 5.91 Å². The zero-order chi connectivity index (χ0) is 21.6. The minimum absolute atomic E-state index is 0.108. The number of benzene rings is 2. The van der Waals surface area contributed by atoms with Crippen molar-refractivity contribution in [2.75, 3.05) is 19.0 Å². The molecule has 2 aromatic rings. The Morgan fingerprint density at radius 1 is 1.21 bits per heavy atom. The molecule has 0 heterocycles. The molecule has 6 nitrogen and oxygen atoms in total. The van der Waals surface area contributed by atoms with Gasteiger partial charge < -0.3 is 14.8 Å². The first-order valence-electron chi connectivity index (χ1n) is 8.44. The Morgan fingerprint density at radius 3 is 2.45 bits per heavy atom. The molecule has 2 rings (SSSR count). The SMILES string of the molecule is COC(=O)COc1c(C)cc(C=C(C#N)C(=O)Nc2cccc(Cl)c2Cl)cc1C. The molecule has 0 spiro atoms. The van der Waals surface area contributed by atoms with Crippen LogP contribution in [0.1, 0.15) is 16.7 Å². The van der Waals surface area contributed by atoms with Gasteiger partial charge in [-0.25, -0.2) is 4.79 Å². The summed E-state index contributed by atoms with van der Waals surface area (Å²) in [5, 5.41) is 12.5. The van der Waals surface area contributed by atoms with Gasteiger partial charge in [0.15, 0.2) is 6.61 Å². The van der Waals surface area contributed by atoms with Gasteiger partial charge in [0.1, 0.15) is 17.4 Å². The molecule has 0 saturated heterocycles. The third-order valence-corrected chi connectivity index (χ3v) is 4.74. The summed E-state index contributed by atoms with van der Waals surface area (Å²) in [5.74, 6) is -0.560. The van der Waals surface area contributed by atoms with Crippen LogP contribution in [0.5, 0.6) is 5.75 Å². The van der Waals surface area contributed by atoms with Gasteiger partial charge in [0.2, 0.25) is 0 Å². The van der Waals surface area contributed by atoms with E-state index < -0.39 is 11.9 Å². The number of carbonyl (C=O) groups excluding carboxylic acids is 2. The second kappa shape index (κ2) is 9.97. The van der Waals surface area contributed by atoms with Crippen LogP contribution in [0.25, 0.3) is 6.08 Å². The number of methoxy groups -OCH3 is 1. The van der Waals surface area contributed by atoms with E-state index in [2.05, 4.69) is 10.1 Å². The highest BCUT2D eigenvalue weighted by Gasteiger charge is 2.14. The number of nitriles is 1. The van der Waals surface area contributed by atoms with Gasteiger partial charge in [0.05, 0.1) is 22.8 Å². The van der Waals surface area contributed by atoms with Crippen molar-refractivity contribution in [2.24, 2.45) is 0 Å². The van der Waals surface area contributed by atoms with Crippen molar-refractivity contribution in [2.45, 2.75) is 13.8 Å². The number of halogens is 2. The van der Waals surface area contributed by atoms with E-state index in [4.69, 9.17) is 27.9 Å². The number of amides is 1. The van der Waals surface area contributed by atoms with E-state index in [9.17, 15) is 14.9 Å². The average molecular weight is 433 g/mol. The van der Waals surface area contributed by atoms with Crippen molar-refractivity contribution in [1.29, 1.82) is 5.26 Å². The summed E-state index contributed by atoms with van der Waals surface area (Å²) < 4.78 is 10.1. The fourth-order valence-corrected chi connectivity index (χ4v) is 2.94. The van der Waals surface area contributed by atoms with Crippen LogP contribution >= 0.6 is 23.2 Å². The quantitative estimate of drug-likeness (QED) is 0.405. The van der Waals surface area contributed by atoms with Crippen molar-refractivity contribution in [1.82, 2.24) is 0 Å². The van der Waals surface area contributed by atoms with Crippen LogP contribution in [0.3, 0.4) is 0 Å². The number of nitrogens with zero attached hydrogens (tertiary/aromatic N) is 1. The summed E-state index contributed by atoms with van der Waals surface area (Å²) >= 11 is 12.0. The van der Waals surface area contributed by atoms with Gasteiger partial charge in [-0.15, -0.1) is 0 Å². The monoisotopic (exact) mass is 432 g/mol. The van der Waals surface area contributed by atoms with Gasteiger partial charge in [-0.2, -0.15) is 5.26 Å². The Morgan fingerprint density at radius 2 is 1.86 bits per heavy atom. The van der Waals surface area contributed by atoms with E-state index in [1.54, 1.807) is 44.2 Å². The third kappa shape index (κ3) is 5.74. The Bertz CT molecular complexity index is 1000. The molecule has 0 atom stereocenters. The molecule has 150 valence electrons. The van der Waals surface area contributed by atoms with E-state index in [1.165, 1.54) is 13.2 Å². The zero-order valence-corrected chi connectivity index (χ0v) is 17.5. The third-order valence-electron chi connectivity index (χ3n) is 3.92. The summed E-state index contributed by atoms with van der Waals surface area (Å²) in [7, 11) is 1.28. The average Bonchev–Trinajstić information content (AvgIpc) is 2.68. The van der Waals surface area contributed by atoms with Crippen molar-refractivity contribution in [3.05, 3.63) is 62.6 Å². The molecule has 0 bridgehead atoms. The van der Waals surface area contributed by atoms with E-state index >= 15 is 0 Å². The number of aryl methyl sites for hydroxylation is 2. The minimum Gasteiger partial charge on any atom is -0.481 e. The summed E-state index contributed by atoms with van der Waals surface area (Å²) in [6, 6.07) is 10.2. The predicted molar refractivity (Wildman–Crippen MR) is 112 cm³/mol. The van der Waals surface area contributed by atoms with Crippen LogP contribution in [0.2, 0.25) is 10.0 Å². The maximum Gasteiger partial charge on any atom is 0.343 e. The number of nitrogens with one attached hydrogen (secondary N) is 1. The molecule has 0 unspecified atom stereocenters. The van der Waals surface area contributed by atoms with Gasteiger partial charge >= 0.3 is 5.97 Å². The molecule has 29 heavy (non-hydrogen) atoms. The van der Waals surface area contributed by atoms with Gasteiger partial charge in [-0.05, 0) is 60.9 Å². The van der Waals surface area contributed by atoms with Crippen molar-refractivity contribution in [3.8, 4) is 11.8 Å². The largest absolute Gasteiger partial charge is 0.481 e. The molecule has 0 aliphatic heterocycles. The van der Waals surface area contributed by atoms with E-state index in [0.29, 0.717) is 22.0 Å². The molecule has 0 radical (unpaired) electrons. The maximum absolute atomic E-state index is 12.5. The van der Waals surface area contributed by atoms with Crippen molar-refractivity contribution >= 4 is 46.8 Å². The summed E-state index contributed by atoms with van der Waals surface area (Å²) in [4.78, 5) is 23.8. The van der Waals surface area contributed by atoms with E-state index in [-0.39, 0.29) is 17.2 Å². The van der Waals surface area contributed by atoms with Crippen LogP contribution < -0.4 is 10.1 Å². The number of hydrogen-bond acceptors (Lipinski definition) is 5. The minimum atomic E-state index is -0.613. The lowest BCUT2D eigenvalue weighted by Gasteiger charge is -2.12. The molecule has 0 saturated carbocycles. The molecule has 0 fully saturated rings. The number of anilines is 1. The Kier molecular flexibility index (Phi) is 7.66. The smallest absolute Gasteiger partial charge is 0.343 e. The molecular weight excluding hydrogens is 415 g/mol. The normalized spacial score (nSPS) is 10.8. The van der Waals surface area contributed by atoms with E-state index in [0.717, 1.165) is 11.1 Å². The van der Waals surface area contributed by atoms with Crippen LogP contribution in [0.15, 0.2) is 35.9 Å². The highest BCUT2D eigenvalue weighted by atomic mass is 35.5. The molecule has 0 aromatic heterocycles. The molecule has 8 heteroatoms. The second-order valence-electron chi connectivity index (χ2n) is 6.07. The second-order valence-corrected chi connectivity index (χ2v) is 6.86. The lowest BCUT2D eigenvalue weighted by Crippen LogP contribution is -2.14. The summed E-state index contributed by atoms with van der Waals surface area (Å²) in [6.07, 6.45) is 1.46. The maximum atomic E-state index is 12.5. The lowest BCUT2D eigenvalue weighted by atomic mass is 10.0. The number of hydrogen-bond donors (Lipinski definition) is 1. The van der Waals surface area contributed by atoms with Crippen LogP contribution in [0, 0.1) is 25.2 Å². The molecule has 1 amide bonds. The molecular formula is C21H18Cl2N2O4. The van der Waals surface area contributed by atoms with Crippen LogP contribution in [-0.4, -0.2) is 25.6 Å². The molecule has 0 aliphatic carbocycles.